The van der Waals surface area contributed by atoms with Crippen LogP contribution >= 0.6 is 7.92 Å². The van der Waals surface area contributed by atoms with Crippen LogP contribution in [0.5, 0.6) is 0 Å². The second kappa shape index (κ2) is 18.6. The molecule has 2 radical (unpaired) electrons. The smallest absolute Gasteiger partial charge is 0.0355 e. The van der Waals surface area contributed by atoms with E-state index in [2.05, 4.69) is 34.6 Å². The van der Waals surface area contributed by atoms with E-state index in [1.165, 1.54) is 44.2 Å². The fourth-order valence-electron chi connectivity index (χ4n) is 1.40. The Kier molecular flexibility index (Phi) is 22.7. The van der Waals surface area contributed by atoms with Crippen LogP contribution in [0, 0.1) is 0 Å². The molecule has 0 aromatic heterocycles. The van der Waals surface area contributed by atoms with Crippen molar-refractivity contribution < 1.29 is 0 Å². The molecule has 0 unspecified atom stereocenters. The van der Waals surface area contributed by atoms with E-state index in [0.29, 0.717) is 7.92 Å². The molecule has 0 saturated heterocycles. The van der Waals surface area contributed by atoms with Gasteiger partial charge in [-0.15, -0.1) is 7.92 Å². The van der Waals surface area contributed by atoms with E-state index in [-0.39, 0.29) is 21.1 Å². The molecule has 0 aromatic carbocycles. The Bertz CT molecular complexity index is 91.4. The van der Waals surface area contributed by atoms with Crippen LogP contribution in [0.1, 0.15) is 60.3 Å². The monoisotopic (exact) mass is 352 g/mol. The molecule has 0 fully saturated rings. The number of unbranched alkanes of at least 4 members (excludes halogenated alkanes) is 2. The average Bonchev–Trinajstić information content (AvgIpc) is 2.32. The fraction of sp³-hybridized carbons (Fsp3) is 1.00. The van der Waals surface area contributed by atoms with Gasteiger partial charge in [0.05, 0.1) is 0 Å². The average molecular weight is 351 g/mol. The summed E-state index contributed by atoms with van der Waals surface area (Å²) in [5.41, 5.74) is 0. The van der Waals surface area contributed by atoms with Crippen LogP contribution in [-0.2, 0) is 0 Å². The van der Waals surface area contributed by atoms with Crippen molar-refractivity contribution >= 4 is 29.1 Å². The molecule has 0 nitrogen and oxygen atoms in total. The molecule has 98 valence electrons. The van der Waals surface area contributed by atoms with Gasteiger partial charge in [-0.25, -0.2) is 0 Å². The molecule has 0 bridgehead atoms. The van der Waals surface area contributed by atoms with E-state index >= 15 is 0 Å². The minimum atomic E-state index is 0.149. The molecule has 0 aliphatic rings. The molecule has 0 aliphatic heterocycles. The Morgan fingerprint density at radius 2 is 1.06 bits per heavy atom. The summed E-state index contributed by atoms with van der Waals surface area (Å²) in [6, 6.07) is 0. The van der Waals surface area contributed by atoms with Gasteiger partial charge >= 0.3 is 69.5 Å². The van der Waals surface area contributed by atoms with Crippen LogP contribution in [0.15, 0.2) is 0 Å². The summed E-state index contributed by atoms with van der Waals surface area (Å²) in [6.45, 7) is 11.5. The Balaban J connectivity index is 0. The van der Waals surface area contributed by atoms with Gasteiger partial charge in [0.15, 0.2) is 0 Å². The quantitative estimate of drug-likeness (QED) is 0.286. The molecule has 0 saturated carbocycles. The van der Waals surface area contributed by atoms with E-state index in [9.17, 15) is 0 Å². The van der Waals surface area contributed by atoms with Gasteiger partial charge in [0.1, 0.15) is 0 Å². The summed E-state index contributed by atoms with van der Waals surface area (Å²) in [7, 11) is 0.446. The molecule has 0 heterocycles. The Hall–Kier alpha value is 1.23. The van der Waals surface area contributed by atoms with Crippen molar-refractivity contribution in [1.82, 2.24) is 0 Å². The summed E-state index contributed by atoms with van der Waals surface area (Å²) in [5, 5.41) is 0. The third kappa shape index (κ3) is 17.6. The minimum absolute atomic E-state index is 0.149. The molecule has 0 atom stereocenters. The Morgan fingerprint density at radius 1 is 0.688 bits per heavy atom. The maximum absolute atomic E-state index is 2.29. The fourth-order valence-corrected chi connectivity index (χ4v) is 6.90. The largest absolute Gasteiger partial charge is 0.108 e. The van der Waals surface area contributed by atoms with Crippen molar-refractivity contribution in [2.24, 2.45) is 0 Å². The van der Waals surface area contributed by atoms with Crippen LogP contribution < -0.4 is 0 Å². The van der Waals surface area contributed by atoms with Crippen LogP contribution in [0.3, 0.4) is 0 Å². The SMILES string of the molecule is CCC[CH2][Sn][CH2]CCC.CCP(CC)CC. The molecular weight excluding hydrogens is 318 g/mol. The summed E-state index contributed by atoms with van der Waals surface area (Å²) in [5.74, 6) is 0. The molecular formula is C14H33PSn. The third-order valence-electron chi connectivity index (χ3n) is 2.76. The first kappa shape index (κ1) is 19.6. The topological polar surface area (TPSA) is 0 Å². The second-order valence-electron chi connectivity index (χ2n) is 4.08. The van der Waals surface area contributed by atoms with E-state index in [1.54, 1.807) is 8.87 Å². The summed E-state index contributed by atoms with van der Waals surface area (Å²) >= 11 is 0.149. The van der Waals surface area contributed by atoms with E-state index in [4.69, 9.17) is 0 Å². The van der Waals surface area contributed by atoms with Gasteiger partial charge in [0, 0.05) is 0 Å². The normalized spacial score (nSPS) is 10.1. The van der Waals surface area contributed by atoms with Crippen molar-refractivity contribution in [3.63, 3.8) is 0 Å². The molecule has 16 heavy (non-hydrogen) atoms. The van der Waals surface area contributed by atoms with E-state index < -0.39 is 0 Å². The molecule has 0 N–H and O–H groups in total. The van der Waals surface area contributed by atoms with Crippen molar-refractivity contribution in [1.29, 1.82) is 0 Å². The summed E-state index contributed by atoms with van der Waals surface area (Å²) in [6.07, 6.45) is 10.1. The predicted molar refractivity (Wildman–Crippen MR) is 83.7 cm³/mol. The number of hydrogen-bond acceptors (Lipinski definition) is 0. The number of rotatable bonds is 9. The first-order valence-corrected chi connectivity index (χ1v) is 13.1. The van der Waals surface area contributed by atoms with Crippen molar-refractivity contribution in [3.8, 4) is 0 Å². The Labute approximate surface area is 116 Å². The standard InChI is InChI=1S/C6H15P.2C4H9.Sn/c1-4-7(5-2)6-3;2*1-3-4-2;/h4-6H2,1-3H3;2*1,3-4H2,2H3;. The van der Waals surface area contributed by atoms with Gasteiger partial charge in [0.2, 0.25) is 0 Å². The first-order chi connectivity index (χ1) is 7.76. The molecule has 2 heteroatoms. The number of hydrogen-bond donors (Lipinski definition) is 0. The maximum Gasteiger partial charge on any atom is -0.0355 e. The van der Waals surface area contributed by atoms with Gasteiger partial charge in [0.25, 0.3) is 0 Å². The molecule has 0 aliphatic carbocycles. The predicted octanol–water partition coefficient (Wildman–Crippen LogP) is 5.66. The molecule has 0 rings (SSSR count). The second-order valence-corrected chi connectivity index (χ2v) is 11.6. The minimum Gasteiger partial charge on any atom is -0.108 e. The van der Waals surface area contributed by atoms with Gasteiger partial charge in [-0.05, 0) is 18.5 Å². The first-order valence-electron chi connectivity index (χ1n) is 7.19. The molecule has 0 aromatic rings. The molecule has 0 amide bonds. The van der Waals surface area contributed by atoms with Crippen molar-refractivity contribution in [3.05, 3.63) is 0 Å². The Morgan fingerprint density at radius 3 is 1.25 bits per heavy atom. The van der Waals surface area contributed by atoms with Gasteiger partial charge in [-0.2, -0.15) is 0 Å². The van der Waals surface area contributed by atoms with E-state index in [1.807, 2.05) is 0 Å². The summed E-state index contributed by atoms with van der Waals surface area (Å²) < 4.78 is 3.25. The zero-order chi connectivity index (χ0) is 12.6. The van der Waals surface area contributed by atoms with Crippen LogP contribution in [0.4, 0.5) is 0 Å². The van der Waals surface area contributed by atoms with Crippen molar-refractivity contribution in [2.75, 3.05) is 18.5 Å². The maximum atomic E-state index is 2.29. The zero-order valence-electron chi connectivity index (χ0n) is 12.3. The summed E-state index contributed by atoms with van der Waals surface area (Å²) in [4.78, 5) is 0. The van der Waals surface area contributed by atoms with Crippen LogP contribution in [0.25, 0.3) is 0 Å². The van der Waals surface area contributed by atoms with Gasteiger partial charge in [-0.3, -0.25) is 0 Å². The third-order valence-corrected chi connectivity index (χ3v) is 9.48. The van der Waals surface area contributed by atoms with Gasteiger partial charge in [-0.1, -0.05) is 20.8 Å². The van der Waals surface area contributed by atoms with E-state index in [0.717, 1.165) is 0 Å². The van der Waals surface area contributed by atoms with Crippen LogP contribution in [-0.4, -0.2) is 39.6 Å². The zero-order valence-corrected chi connectivity index (χ0v) is 16.1. The van der Waals surface area contributed by atoms with Gasteiger partial charge < -0.3 is 0 Å². The molecule has 0 spiro atoms. The van der Waals surface area contributed by atoms with Crippen LogP contribution in [0.2, 0.25) is 8.87 Å². The van der Waals surface area contributed by atoms with Crippen molar-refractivity contribution in [2.45, 2.75) is 69.2 Å².